The quantitative estimate of drug-likeness (QED) is 0.448. The largest absolute Gasteiger partial charge is 0.354 e. The van der Waals surface area contributed by atoms with Gasteiger partial charge >= 0.3 is 0 Å². The number of carbonyl (C=O) groups excluding carboxylic acids is 2. The van der Waals surface area contributed by atoms with E-state index in [0.29, 0.717) is 18.0 Å². The highest BCUT2D eigenvalue weighted by Gasteiger charge is 2.32. The molecule has 0 heterocycles. The van der Waals surface area contributed by atoms with Crippen LogP contribution in [0.1, 0.15) is 38.3 Å². The molecule has 2 aromatic carbocycles. The Balaban J connectivity index is 2.45. The predicted molar refractivity (Wildman–Crippen MR) is 142 cm³/mol. The lowest BCUT2D eigenvalue weighted by Gasteiger charge is -2.33. The fourth-order valence-corrected chi connectivity index (χ4v) is 5.05. The first kappa shape index (κ1) is 28.9. The van der Waals surface area contributed by atoms with Crippen molar-refractivity contribution in [2.45, 2.75) is 46.7 Å². The second-order valence-electron chi connectivity index (χ2n) is 8.94. The third-order valence-electron chi connectivity index (χ3n) is 5.36. The number of nitrogens with one attached hydrogen (secondary N) is 1. The van der Waals surface area contributed by atoms with E-state index < -0.39 is 28.5 Å². The highest BCUT2D eigenvalue weighted by atomic mass is 35.5. The fraction of sp³-hybridized carbons (Fsp3) is 0.440. The van der Waals surface area contributed by atoms with Crippen LogP contribution in [0.4, 0.5) is 5.69 Å². The van der Waals surface area contributed by atoms with Crippen molar-refractivity contribution in [1.29, 1.82) is 0 Å². The van der Waals surface area contributed by atoms with Gasteiger partial charge in [0.25, 0.3) is 0 Å². The van der Waals surface area contributed by atoms with Crippen molar-refractivity contribution < 1.29 is 18.0 Å². The van der Waals surface area contributed by atoms with Crippen molar-refractivity contribution in [3.63, 3.8) is 0 Å². The monoisotopic (exact) mass is 541 g/mol. The Kier molecular flexibility index (Phi) is 10.4. The van der Waals surface area contributed by atoms with Gasteiger partial charge in [0.15, 0.2) is 0 Å². The van der Waals surface area contributed by atoms with Gasteiger partial charge in [0, 0.05) is 18.1 Å². The van der Waals surface area contributed by atoms with Crippen LogP contribution in [0.25, 0.3) is 0 Å². The molecule has 0 saturated carbocycles. The summed E-state index contributed by atoms with van der Waals surface area (Å²) in [5.41, 5.74) is 1.99. The van der Waals surface area contributed by atoms with Gasteiger partial charge in [0.2, 0.25) is 21.8 Å². The second-order valence-corrected chi connectivity index (χ2v) is 11.7. The molecule has 1 N–H and O–H groups in total. The molecule has 0 bridgehead atoms. The van der Waals surface area contributed by atoms with Crippen molar-refractivity contribution >= 4 is 50.7 Å². The summed E-state index contributed by atoms with van der Waals surface area (Å²) in [6, 6.07) is 11.2. The van der Waals surface area contributed by atoms with Gasteiger partial charge in [0.1, 0.15) is 12.6 Å². The van der Waals surface area contributed by atoms with Gasteiger partial charge < -0.3 is 10.2 Å². The zero-order valence-electron chi connectivity index (χ0n) is 20.7. The number of nitrogens with zero attached hydrogens (tertiary/aromatic N) is 2. The summed E-state index contributed by atoms with van der Waals surface area (Å²) in [5.74, 6) is -0.558. The zero-order chi connectivity index (χ0) is 26.3. The van der Waals surface area contributed by atoms with Crippen LogP contribution in [0, 0.1) is 12.8 Å². The molecule has 2 aromatic rings. The Morgan fingerprint density at radius 2 is 1.77 bits per heavy atom. The van der Waals surface area contributed by atoms with Crippen molar-refractivity contribution in [3.05, 3.63) is 63.6 Å². The topological polar surface area (TPSA) is 86.8 Å². The van der Waals surface area contributed by atoms with E-state index in [-0.39, 0.29) is 29.1 Å². The molecule has 0 aliphatic rings. The molecule has 1 atom stereocenters. The second kappa shape index (κ2) is 12.6. The molecular weight excluding hydrogens is 509 g/mol. The minimum Gasteiger partial charge on any atom is -0.354 e. The highest BCUT2D eigenvalue weighted by Crippen LogP contribution is 2.30. The predicted octanol–water partition coefficient (Wildman–Crippen LogP) is 4.65. The summed E-state index contributed by atoms with van der Waals surface area (Å²) in [7, 11) is -3.88. The molecule has 35 heavy (non-hydrogen) atoms. The summed E-state index contributed by atoms with van der Waals surface area (Å²) < 4.78 is 26.3. The van der Waals surface area contributed by atoms with Gasteiger partial charge in [-0.25, -0.2) is 8.42 Å². The molecule has 0 spiro atoms. The van der Waals surface area contributed by atoms with Crippen LogP contribution in [0.15, 0.2) is 42.5 Å². The number of halogens is 2. The normalized spacial score (nSPS) is 12.3. The lowest BCUT2D eigenvalue weighted by Crippen LogP contribution is -2.52. The number of amides is 2. The number of hydrogen-bond donors (Lipinski definition) is 1. The third kappa shape index (κ3) is 8.40. The van der Waals surface area contributed by atoms with Crippen LogP contribution >= 0.6 is 23.2 Å². The molecular formula is C25H33Cl2N3O4S. The molecule has 10 heteroatoms. The lowest BCUT2D eigenvalue weighted by atomic mass is 10.1. The Hall–Kier alpha value is -2.29. The van der Waals surface area contributed by atoms with Gasteiger partial charge in [-0.15, -0.1) is 0 Å². The number of rotatable bonds is 11. The number of aryl methyl sites for hydroxylation is 1. The Morgan fingerprint density at radius 1 is 1.09 bits per heavy atom. The fourth-order valence-electron chi connectivity index (χ4n) is 3.63. The maximum atomic E-state index is 13.7. The molecule has 0 fully saturated rings. The van der Waals surface area contributed by atoms with E-state index in [9.17, 15) is 18.0 Å². The number of carbonyl (C=O) groups is 2. The summed E-state index contributed by atoms with van der Waals surface area (Å²) in [5, 5.41) is 3.34. The van der Waals surface area contributed by atoms with Gasteiger partial charge in [-0.1, -0.05) is 73.8 Å². The first-order valence-electron chi connectivity index (χ1n) is 11.4. The molecule has 192 valence electrons. The molecule has 0 aliphatic carbocycles. The van der Waals surface area contributed by atoms with Crippen LogP contribution in [0.2, 0.25) is 10.0 Å². The van der Waals surface area contributed by atoms with E-state index in [1.165, 1.54) is 23.1 Å². The number of anilines is 1. The van der Waals surface area contributed by atoms with Crippen LogP contribution in [-0.4, -0.2) is 50.5 Å². The summed E-state index contributed by atoms with van der Waals surface area (Å²) in [6.45, 7) is 7.84. The van der Waals surface area contributed by atoms with E-state index in [0.717, 1.165) is 21.7 Å². The first-order valence-corrected chi connectivity index (χ1v) is 14.0. The Labute approximate surface area is 218 Å². The van der Waals surface area contributed by atoms with Crippen LogP contribution in [0.3, 0.4) is 0 Å². The minimum atomic E-state index is -3.88. The van der Waals surface area contributed by atoms with Crippen molar-refractivity contribution in [3.8, 4) is 0 Å². The van der Waals surface area contributed by atoms with Crippen LogP contribution in [0.5, 0.6) is 0 Å². The van der Waals surface area contributed by atoms with Gasteiger partial charge in [0.05, 0.1) is 17.0 Å². The standard InChI is InChI=1S/C25H33Cl2N3O4S/c1-6-22(25(32)28-14-17(2)3)29(15-19-9-7-8-18(4)12-19)24(31)16-30(35(5,33)34)23-11-10-20(26)13-21(23)27/h7-13,17,22H,6,14-16H2,1-5H3,(H,28,32)/t22-/m0/s1. The van der Waals surface area contributed by atoms with E-state index in [1.807, 2.05) is 52.0 Å². The Morgan fingerprint density at radius 3 is 2.31 bits per heavy atom. The third-order valence-corrected chi connectivity index (χ3v) is 7.03. The molecule has 0 unspecified atom stereocenters. The summed E-state index contributed by atoms with van der Waals surface area (Å²) in [4.78, 5) is 28.1. The SMILES string of the molecule is CC[C@@H](C(=O)NCC(C)C)N(Cc1cccc(C)c1)C(=O)CN(c1ccc(Cl)cc1Cl)S(C)(=O)=O. The van der Waals surface area contributed by atoms with E-state index in [2.05, 4.69) is 5.32 Å². The molecule has 7 nitrogen and oxygen atoms in total. The van der Waals surface area contributed by atoms with Crippen LogP contribution < -0.4 is 9.62 Å². The zero-order valence-corrected chi connectivity index (χ0v) is 23.0. The number of hydrogen-bond acceptors (Lipinski definition) is 4. The molecule has 2 rings (SSSR count). The van der Waals surface area contributed by atoms with E-state index >= 15 is 0 Å². The van der Waals surface area contributed by atoms with Crippen molar-refractivity contribution in [2.24, 2.45) is 5.92 Å². The average Bonchev–Trinajstić information content (AvgIpc) is 2.75. The van der Waals surface area contributed by atoms with Crippen LogP contribution in [-0.2, 0) is 26.2 Å². The smallest absolute Gasteiger partial charge is 0.244 e. The molecule has 0 aliphatic heterocycles. The van der Waals surface area contributed by atoms with Crippen molar-refractivity contribution in [1.82, 2.24) is 10.2 Å². The van der Waals surface area contributed by atoms with E-state index in [4.69, 9.17) is 23.2 Å². The first-order chi connectivity index (χ1) is 16.3. The van der Waals surface area contributed by atoms with Gasteiger partial charge in [-0.2, -0.15) is 0 Å². The summed E-state index contributed by atoms with van der Waals surface area (Å²) in [6.07, 6.45) is 1.37. The Bertz CT molecular complexity index is 1160. The molecule has 2 amide bonds. The minimum absolute atomic E-state index is 0.0997. The maximum Gasteiger partial charge on any atom is 0.244 e. The maximum absolute atomic E-state index is 13.7. The average molecular weight is 543 g/mol. The molecule has 0 aromatic heterocycles. The number of benzene rings is 2. The molecule has 0 saturated heterocycles. The van der Waals surface area contributed by atoms with Gasteiger partial charge in [-0.05, 0) is 43.0 Å². The summed E-state index contributed by atoms with van der Waals surface area (Å²) >= 11 is 12.2. The van der Waals surface area contributed by atoms with Crippen molar-refractivity contribution in [2.75, 3.05) is 23.7 Å². The van der Waals surface area contributed by atoms with E-state index in [1.54, 1.807) is 0 Å². The number of sulfonamides is 1. The van der Waals surface area contributed by atoms with Gasteiger partial charge in [-0.3, -0.25) is 13.9 Å². The lowest BCUT2D eigenvalue weighted by molar-refractivity contribution is -0.140. The highest BCUT2D eigenvalue weighted by molar-refractivity contribution is 7.92. The molecule has 0 radical (unpaired) electrons.